The van der Waals surface area contributed by atoms with Crippen LogP contribution in [0.1, 0.15) is 10.4 Å². The maximum absolute atomic E-state index is 12.7. The molecule has 2 aromatic heterocycles. The molecule has 0 radical (unpaired) electrons. The molecule has 0 bridgehead atoms. The van der Waals surface area contributed by atoms with Crippen LogP contribution in [0, 0.1) is 3.57 Å². The maximum atomic E-state index is 12.7. The summed E-state index contributed by atoms with van der Waals surface area (Å²) in [5.41, 5.74) is 2.15. The number of benzene rings is 2. The highest BCUT2D eigenvalue weighted by molar-refractivity contribution is 14.1. The number of para-hydroxylation sites is 2. The molecule has 0 fully saturated rings. The minimum Gasteiger partial charge on any atom is -0.463 e. The van der Waals surface area contributed by atoms with E-state index in [1.165, 1.54) is 0 Å². The van der Waals surface area contributed by atoms with Gasteiger partial charge in [-0.15, -0.1) is 0 Å². The number of aromatic nitrogens is 1. The number of carbonyl (C=O) groups is 2. The molecular weight excluding hydrogens is 483 g/mol. The second-order valence-corrected chi connectivity index (χ2v) is 7.32. The second kappa shape index (κ2) is 8.44. The number of nitrogens with one attached hydrogen (secondary N) is 1. The Morgan fingerprint density at radius 3 is 2.62 bits per heavy atom. The van der Waals surface area contributed by atoms with Gasteiger partial charge in [0, 0.05) is 8.96 Å². The molecule has 1 N–H and O–H groups in total. The van der Waals surface area contributed by atoms with E-state index in [1.807, 2.05) is 36.4 Å². The number of hydrogen-bond donors (Lipinski definition) is 1. The first-order valence-corrected chi connectivity index (χ1v) is 9.85. The zero-order valence-corrected chi connectivity index (χ0v) is 17.3. The third kappa shape index (κ3) is 4.29. The van der Waals surface area contributed by atoms with Gasteiger partial charge >= 0.3 is 5.97 Å². The lowest BCUT2D eigenvalue weighted by Crippen LogP contribution is -2.21. The predicted molar refractivity (Wildman–Crippen MR) is 118 cm³/mol. The highest BCUT2D eigenvalue weighted by atomic mass is 127. The van der Waals surface area contributed by atoms with Crippen LogP contribution in [0.5, 0.6) is 0 Å². The van der Waals surface area contributed by atoms with Crippen LogP contribution in [0.2, 0.25) is 0 Å². The number of anilines is 1. The van der Waals surface area contributed by atoms with Gasteiger partial charge in [0.1, 0.15) is 5.69 Å². The van der Waals surface area contributed by atoms with Crippen LogP contribution in [-0.2, 0) is 9.53 Å². The molecule has 6 nitrogen and oxygen atoms in total. The number of halogens is 1. The number of carbonyl (C=O) groups excluding carboxylic acids is 2. The average Bonchev–Trinajstić information content (AvgIpc) is 3.28. The lowest BCUT2D eigenvalue weighted by molar-refractivity contribution is -0.119. The van der Waals surface area contributed by atoms with Gasteiger partial charge in [0.15, 0.2) is 12.4 Å². The molecule has 0 aliphatic rings. The summed E-state index contributed by atoms with van der Waals surface area (Å²) >= 11 is 2.12. The number of furan rings is 1. The van der Waals surface area contributed by atoms with Gasteiger partial charge in [-0.25, -0.2) is 9.78 Å². The Morgan fingerprint density at radius 1 is 1.03 bits per heavy atom. The molecule has 0 spiro atoms. The molecule has 4 aromatic rings. The van der Waals surface area contributed by atoms with Crippen LogP contribution < -0.4 is 5.32 Å². The quantitative estimate of drug-likeness (QED) is 0.313. The average molecular weight is 498 g/mol. The van der Waals surface area contributed by atoms with Crippen LogP contribution in [0.3, 0.4) is 0 Å². The Balaban J connectivity index is 1.55. The van der Waals surface area contributed by atoms with Crippen molar-refractivity contribution in [2.45, 2.75) is 0 Å². The number of fused-ring (bicyclic) bond motifs is 1. The fourth-order valence-electron chi connectivity index (χ4n) is 2.85. The summed E-state index contributed by atoms with van der Waals surface area (Å²) in [4.78, 5) is 29.5. The summed E-state index contributed by atoms with van der Waals surface area (Å²) in [7, 11) is 0. The van der Waals surface area contributed by atoms with Gasteiger partial charge in [-0.1, -0.05) is 30.3 Å². The Hall–Kier alpha value is -3.20. The summed E-state index contributed by atoms with van der Waals surface area (Å²) < 4.78 is 11.6. The van der Waals surface area contributed by atoms with Crippen molar-refractivity contribution < 1.29 is 18.7 Å². The van der Waals surface area contributed by atoms with E-state index in [2.05, 4.69) is 32.9 Å². The van der Waals surface area contributed by atoms with E-state index in [-0.39, 0.29) is 0 Å². The SMILES string of the molecule is O=C(COC(=O)c1cc(-c2ccco2)nc2ccccc12)Nc1ccccc1I. The van der Waals surface area contributed by atoms with Crippen LogP contribution in [0.15, 0.2) is 77.4 Å². The largest absolute Gasteiger partial charge is 0.463 e. The van der Waals surface area contributed by atoms with Crippen molar-refractivity contribution >= 4 is 51.1 Å². The molecule has 2 heterocycles. The van der Waals surface area contributed by atoms with Crippen molar-refractivity contribution in [2.75, 3.05) is 11.9 Å². The van der Waals surface area contributed by atoms with Crippen LogP contribution >= 0.6 is 22.6 Å². The number of nitrogens with zero attached hydrogens (tertiary/aromatic N) is 1. The van der Waals surface area contributed by atoms with E-state index in [4.69, 9.17) is 9.15 Å². The summed E-state index contributed by atoms with van der Waals surface area (Å²) in [6.45, 7) is -0.392. The molecule has 2 aromatic carbocycles. The summed E-state index contributed by atoms with van der Waals surface area (Å²) in [6, 6.07) is 19.7. The molecule has 144 valence electrons. The van der Waals surface area contributed by atoms with E-state index < -0.39 is 18.5 Å². The van der Waals surface area contributed by atoms with Crippen LogP contribution in [0.25, 0.3) is 22.4 Å². The summed E-state index contributed by atoms with van der Waals surface area (Å²) in [5, 5.41) is 3.38. The highest BCUT2D eigenvalue weighted by Gasteiger charge is 2.17. The normalized spacial score (nSPS) is 10.7. The minimum absolute atomic E-state index is 0.323. The Morgan fingerprint density at radius 2 is 1.83 bits per heavy atom. The molecule has 0 aliphatic carbocycles. The van der Waals surface area contributed by atoms with E-state index in [0.29, 0.717) is 33.6 Å². The van der Waals surface area contributed by atoms with Crippen LogP contribution in [-0.4, -0.2) is 23.5 Å². The Labute approximate surface area is 180 Å². The van der Waals surface area contributed by atoms with Crippen molar-refractivity contribution in [1.82, 2.24) is 4.98 Å². The highest BCUT2D eigenvalue weighted by Crippen LogP contribution is 2.25. The second-order valence-electron chi connectivity index (χ2n) is 6.15. The minimum atomic E-state index is -0.602. The summed E-state index contributed by atoms with van der Waals surface area (Å²) in [5.74, 6) is -0.470. The Kier molecular flexibility index (Phi) is 5.57. The predicted octanol–water partition coefficient (Wildman–Crippen LogP) is 4.89. The fourth-order valence-corrected chi connectivity index (χ4v) is 3.37. The van der Waals surface area contributed by atoms with Gasteiger partial charge in [-0.2, -0.15) is 0 Å². The van der Waals surface area contributed by atoms with E-state index >= 15 is 0 Å². The van der Waals surface area contributed by atoms with E-state index in [0.717, 1.165) is 3.57 Å². The lowest BCUT2D eigenvalue weighted by atomic mass is 10.1. The lowest BCUT2D eigenvalue weighted by Gasteiger charge is -2.10. The third-order valence-electron chi connectivity index (χ3n) is 4.19. The molecule has 0 saturated heterocycles. The van der Waals surface area contributed by atoms with Gasteiger partial charge in [0.2, 0.25) is 0 Å². The number of amides is 1. The molecule has 0 aliphatic heterocycles. The van der Waals surface area contributed by atoms with Gasteiger partial charge in [0.25, 0.3) is 5.91 Å². The fraction of sp³-hybridized carbons (Fsp3) is 0.0455. The number of hydrogen-bond acceptors (Lipinski definition) is 5. The molecule has 4 rings (SSSR count). The van der Waals surface area contributed by atoms with Gasteiger partial charge in [0.05, 0.1) is 23.0 Å². The first-order valence-electron chi connectivity index (χ1n) is 8.77. The molecule has 1 amide bonds. The van der Waals surface area contributed by atoms with Crippen molar-refractivity contribution in [3.63, 3.8) is 0 Å². The number of rotatable bonds is 5. The standard InChI is InChI=1S/C22H15IN2O4/c23-16-7-2-4-9-18(16)25-21(26)13-29-22(27)15-12-19(20-10-5-11-28-20)24-17-8-3-1-6-14(15)17/h1-12H,13H2,(H,25,26). The number of ether oxygens (including phenoxy) is 1. The van der Waals surface area contributed by atoms with Crippen molar-refractivity contribution in [2.24, 2.45) is 0 Å². The monoisotopic (exact) mass is 498 g/mol. The maximum Gasteiger partial charge on any atom is 0.339 e. The van der Waals surface area contributed by atoms with Crippen molar-refractivity contribution in [3.8, 4) is 11.5 Å². The summed E-state index contributed by atoms with van der Waals surface area (Å²) in [6.07, 6.45) is 1.54. The zero-order valence-electron chi connectivity index (χ0n) is 15.1. The topological polar surface area (TPSA) is 81.4 Å². The third-order valence-corrected chi connectivity index (χ3v) is 5.13. The zero-order chi connectivity index (χ0) is 20.2. The number of esters is 1. The van der Waals surface area contributed by atoms with Gasteiger partial charge < -0.3 is 14.5 Å². The molecule has 7 heteroatoms. The molecule has 0 saturated carbocycles. The van der Waals surface area contributed by atoms with Gasteiger partial charge in [-0.05, 0) is 59.0 Å². The van der Waals surface area contributed by atoms with E-state index in [1.54, 1.807) is 36.6 Å². The molecular formula is C22H15IN2O4. The first kappa shape index (κ1) is 19.1. The number of pyridine rings is 1. The first-order chi connectivity index (χ1) is 14.1. The molecule has 0 atom stereocenters. The van der Waals surface area contributed by atoms with Crippen molar-refractivity contribution in [1.29, 1.82) is 0 Å². The molecule has 29 heavy (non-hydrogen) atoms. The Bertz CT molecular complexity index is 1190. The van der Waals surface area contributed by atoms with Crippen LogP contribution in [0.4, 0.5) is 5.69 Å². The smallest absolute Gasteiger partial charge is 0.339 e. The van der Waals surface area contributed by atoms with Gasteiger partial charge in [-0.3, -0.25) is 4.79 Å². The van der Waals surface area contributed by atoms with Crippen molar-refractivity contribution in [3.05, 3.63) is 82.1 Å². The molecule has 0 unspecified atom stereocenters. The van der Waals surface area contributed by atoms with E-state index in [9.17, 15) is 9.59 Å².